The summed E-state index contributed by atoms with van der Waals surface area (Å²) in [4.78, 5) is 13.9. The van der Waals surface area contributed by atoms with Crippen molar-refractivity contribution in [1.82, 2.24) is 0 Å². The van der Waals surface area contributed by atoms with Crippen molar-refractivity contribution in [3.8, 4) is 5.75 Å². The number of nitrogen functional groups attached to an aromatic ring is 1. The summed E-state index contributed by atoms with van der Waals surface area (Å²) < 4.78 is 5.48. The zero-order valence-corrected chi connectivity index (χ0v) is 11.5. The average molecular weight is 270 g/mol. The van der Waals surface area contributed by atoms with Crippen molar-refractivity contribution in [3.05, 3.63) is 54.6 Å². The molecule has 0 aliphatic carbocycles. The third kappa shape index (κ3) is 3.51. The predicted octanol–water partition coefficient (Wildman–Crippen LogP) is 2.70. The van der Waals surface area contributed by atoms with E-state index in [9.17, 15) is 4.79 Å². The Labute approximate surface area is 118 Å². The summed E-state index contributed by atoms with van der Waals surface area (Å²) in [6.07, 6.45) is 0. The van der Waals surface area contributed by atoms with Crippen molar-refractivity contribution in [2.24, 2.45) is 0 Å². The van der Waals surface area contributed by atoms with Crippen molar-refractivity contribution >= 4 is 17.3 Å². The number of anilines is 2. The van der Waals surface area contributed by atoms with Gasteiger partial charge in [0.1, 0.15) is 5.75 Å². The number of rotatable bonds is 5. The first-order chi connectivity index (χ1) is 9.70. The van der Waals surface area contributed by atoms with Gasteiger partial charge in [0.15, 0.2) is 6.61 Å². The molecule has 20 heavy (non-hydrogen) atoms. The molecule has 0 atom stereocenters. The molecule has 0 radical (unpaired) electrons. The van der Waals surface area contributed by atoms with Crippen LogP contribution in [-0.4, -0.2) is 19.1 Å². The molecule has 0 spiro atoms. The van der Waals surface area contributed by atoms with Gasteiger partial charge >= 0.3 is 0 Å². The summed E-state index contributed by atoms with van der Waals surface area (Å²) >= 11 is 0. The van der Waals surface area contributed by atoms with E-state index in [1.807, 2.05) is 49.4 Å². The van der Waals surface area contributed by atoms with E-state index in [-0.39, 0.29) is 12.5 Å². The van der Waals surface area contributed by atoms with E-state index < -0.39 is 0 Å². The van der Waals surface area contributed by atoms with Gasteiger partial charge in [0.05, 0.1) is 0 Å². The van der Waals surface area contributed by atoms with Crippen molar-refractivity contribution < 1.29 is 9.53 Å². The van der Waals surface area contributed by atoms with E-state index in [1.165, 1.54) is 0 Å². The quantitative estimate of drug-likeness (QED) is 0.850. The minimum absolute atomic E-state index is 0.00660. The van der Waals surface area contributed by atoms with Gasteiger partial charge in [0, 0.05) is 17.9 Å². The molecular weight excluding hydrogens is 252 g/mol. The Morgan fingerprint density at radius 3 is 2.55 bits per heavy atom. The molecule has 2 rings (SSSR count). The molecule has 0 aliphatic rings. The second-order valence-corrected chi connectivity index (χ2v) is 4.33. The molecule has 0 aliphatic heterocycles. The second kappa shape index (κ2) is 6.61. The summed E-state index contributed by atoms with van der Waals surface area (Å²) in [6, 6.07) is 16.6. The molecular formula is C16H18N2O2. The summed E-state index contributed by atoms with van der Waals surface area (Å²) in [6.45, 7) is 2.50. The number of carbonyl (C=O) groups excluding carboxylic acids is 1. The van der Waals surface area contributed by atoms with Gasteiger partial charge in [-0.2, -0.15) is 0 Å². The summed E-state index contributed by atoms with van der Waals surface area (Å²) in [7, 11) is 0. The molecule has 0 unspecified atom stereocenters. The van der Waals surface area contributed by atoms with Gasteiger partial charge in [0.25, 0.3) is 5.91 Å². The van der Waals surface area contributed by atoms with E-state index in [0.29, 0.717) is 18.0 Å². The Morgan fingerprint density at radius 1 is 1.15 bits per heavy atom. The third-order valence-corrected chi connectivity index (χ3v) is 2.90. The highest BCUT2D eigenvalue weighted by Crippen LogP contribution is 2.18. The lowest BCUT2D eigenvalue weighted by molar-refractivity contribution is -0.120. The molecule has 2 aromatic rings. The minimum atomic E-state index is -0.0954. The molecule has 2 aromatic carbocycles. The van der Waals surface area contributed by atoms with Gasteiger partial charge in [-0.05, 0) is 37.3 Å². The fourth-order valence-electron chi connectivity index (χ4n) is 1.94. The summed E-state index contributed by atoms with van der Waals surface area (Å²) in [5, 5.41) is 0. The molecule has 104 valence electrons. The van der Waals surface area contributed by atoms with Crippen molar-refractivity contribution in [2.75, 3.05) is 23.8 Å². The molecule has 4 heteroatoms. The zero-order chi connectivity index (χ0) is 14.4. The lowest BCUT2D eigenvalue weighted by Gasteiger charge is -2.21. The average Bonchev–Trinajstić information content (AvgIpc) is 2.47. The number of nitrogens with zero attached hydrogens (tertiary/aromatic N) is 1. The first-order valence-corrected chi connectivity index (χ1v) is 6.54. The van der Waals surface area contributed by atoms with Crippen LogP contribution < -0.4 is 15.4 Å². The van der Waals surface area contributed by atoms with Crippen LogP contribution in [0.1, 0.15) is 6.92 Å². The smallest absolute Gasteiger partial charge is 0.264 e. The predicted molar refractivity (Wildman–Crippen MR) is 80.8 cm³/mol. The number of hydrogen-bond acceptors (Lipinski definition) is 3. The molecule has 0 saturated heterocycles. The fourth-order valence-corrected chi connectivity index (χ4v) is 1.94. The molecule has 0 fully saturated rings. The number of carbonyl (C=O) groups is 1. The Hall–Kier alpha value is -2.49. The Kier molecular flexibility index (Phi) is 4.60. The first-order valence-electron chi connectivity index (χ1n) is 6.54. The minimum Gasteiger partial charge on any atom is -0.484 e. The molecule has 0 heterocycles. The molecule has 0 saturated carbocycles. The summed E-state index contributed by atoms with van der Waals surface area (Å²) in [5.41, 5.74) is 7.17. The van der Waals surface area contributed by atoms with Crippen LogP contribution >= 0.6 is 0 Å². The number of hydrogen-bond donors (Lipinski definition) is 1. The van der Waals surface area contributed by atoms with Crippen LogP contribution in [0.3, 0.4) is 0 Å². The number of ether oxygens (including phenoxy) is 1. The maximum atomic E-state index is 12.2. The number of para-hydroxylation sites is 1. The van der Waals surface area contributed by atoms with Crippen molar-refractivity contribution in [2.45, 2.75) is 6.92 Å². The molecule has 0 aromatic heterocycles. The zero-order valence-electron chi connectivity index (χ0n) is 11.5. The number of nitrogens with two attached hydrogens (primary N) is 1. The maximum absolute atomic E-state index is 12.2. The molecule has 2 N–H and O–H groups in total. The van der Waals surface area contributed by atoms with E-state index in [1.54, 1.807) is 17.0 Å². The highest BCUT2D eigenvalue weighted by atomic mass is 16.5. The molecule has 4 nitrogen and oxygen atoms in total. The fraction of sp³-hybridized carbons (Fsp3) is 0.188. The number of amides is 1. The van der Waals surface area contributed by atoms with Gasteiger partial charge in [-0.3, -0.25) is 4.79 Å². The van der Waals surface area contributed by atoms with E-state index in [4.69, 9.17) is 10.5 Å². The van der Waals surface area contributed by atoms with Crippen LogP contribution in [0.25, 0.3) is 0 Å². The second-order valence-electron chi connectivity index (χ2n) is 4.33. The summed E-state index contributed by atoms with van der Waals surface area (Å²) in [5.74, 6) is 0.589. The van der Waals surface area contributed by atoms with Crippen LogP contribution in [-0.2, 0) is 4.79 Å². The van der Waals surface area contributed by atoms with E-state index >= 15 is 0 Å². The largest absolute Gasteiger partial charge is 0.484 e. The SMILES string of the molecule is CCN(C(=O)COc1ccccc1)c1cccc(N)c1. The highest BCUT2D eigenvalue weighted by molar-refractivity contribution is 5.94. The van der Waals surface area contributed by atoms with Gasteiger partial charge in [-0.1, -0.05) is 24.3 Å². The monoisotopic (exact) mass is 270 g/mol. The van der Waals surface area contributed by atoms with Gasteiger partial charge < -0.3 is 15.4 Å². The normalized spacial score (nSPS) is 10.1. The standard InChI is InChI=1S/C16H18N2O2/c1-2-18(14-8-6-7-13(17)11-14)16(19)12-20-15-9-4-3-5-10-15/h3-11H,2,12,17H2,1H3. The lowest BCUT2D eigenvalue weighted by Crippen LogP contribution is -2.34. The van der Waals surface area contributed by atoms with Crippen molar-refractivity contribution in [1.29, 1.82) is 0 Å². The maximum Gasteiger partial charge on any atom is 0.264 e. The molecule has 0 bridgehead atoms. The van der Waals surface area contributed by atoms with Crippen molar-refractivity contribution in [3.63, 3.8) is 0 Å². The number of benzene rings is 2. The van der Waals surface area contributed by atoms with Gasteiger partial charge in [-0.15, -0.1) is 0 Å². The Morgan fingerprint density at radius 2 is 1.90 bits per heavy atom. The van der Waals surface area contributed by atoms with Crippen LogP contribution in [0.5, 0.6) is 5.75 Å². The first kappa shape index (κ1) is 13.9. The lowest BCUT2D eigenvalue weighted by atomic mass is 10.2. The van der Waals surface area contributed by atoms with Crippen LogP contribution in [0.4, 0.5) is 11.4 Å². The van der Waals surface area contributed by atoms with Gasteiger partial charge in [0.2, 0.25) is 0 Å². The van der Waals surface area contributed by atoms with E-state index in [0.717, 1.165) is 5.69 Å². The molecule has 1 amide bonds. The Bertz CT molecular complexity index is 570. The Balaban J connectivity index is 2.02. The van der Waals surface area contributed by atoms with E-state index in [2.05, 4.69) is 0 Å². The third-order valence-electron chi connectivity index (χ3n) is 2.90. The number of likely N-dealkylation sites (N-methyl/N-ethyl adjacent to an activating group) is 1. The highest BCUT2D eigenvalue weighted by Gasteiger charge is 2.14. The topological polar surface area (TPSA) is 55.6 Å². The van der Waals surface area contributed by atoms with Crippen LogP contribution in [0.15, 0.2) is 54.6 Å². The van der Waals surface area contributed by atoms with Gasteiger partial charge in [-0.25, -0.2) is 0 Å². The van der Waals surface area contributed by atoms with Crippen LogP contribution in [0.2, 0.25) is 0 Å². The van der Waals surface area contributed by atoms with Crippen LogP contribution in [0, 0.1) is 0 Å².